The molecule has 1 spiro atoms. The molecule has 1 atom stereocenters. The van der Waals surface area contributed by atoms with Gasteiger partial charge in [-0.05, 0) is 25.2 Å². The molecule has 3 fully saturated rings. The van der Waals surface area contributed by atoms with E-state index in [2.05, 4.69) is 17.1 Å². The summed E-state index contributed by atoms with van der Waals surface area (Å²) in [5, 5.41) is 2.75. The van der Waals surface area contributed by atoms with Crippen molar-refractivity contribution < 1.29 is 14.3 Å². The second-order valence-corrected chi connectivity index (χ2v) is 7.35. The fourth-order valence-electron chi connectivity index (χ4n) is 3.62. The summed E-state index contributed by atoms with van der Waals surface area (Å²) in [6.07, 6.45) is 5.18. The van der Waals surface area contributed by atoms with Crippen LogP contribution in [0.2, 0.25) is 0 Å². The van der Waals surface area contributed by atoms with Gasteiger partial charge in [0.2, 0.25) is 11.8 Å². The molecule has 23 heavy (non-hydrogen) atoms. The predicted molar refractivity (Wildman–Crippen MR) is 86.9 cm³/mol. The molecule has 0 aromatic carbocycles. The van der Waals surface area contributed by atoms with Gasteiger partial charge in [0.1, 0.15) is 11.6 Å². The number of nitrogens with one attached hydrogen (secondary N) is 1. The summed E-state index contributed by atoms with van der Waals surface area (Å²) in [5.74, 6) is 1.01. The third-order valence-corrected chi connectivity index (χ3v) is 5.27. The maximum Gasteiger partial charge on any atom is 0.239 e. The molecule has 0 aromatic rings. The molecule has 3 rings (SSSR count). The summed E-state index contributed by atoms with van der Waals surface area (Å²) in [6, 6.07) is -0.184. The second kappa shape index (κ2) is 6.77. The van der Waals surface area contributed by atoms with Crippen LogP contribution < -0.4 is 5.32 Å². The third kappa shape index (κ3) is 3.69. The first-order valence-corrected chi connectivity index (χ1v) is 8.94. The van der Waals surface area contributed by atoms with Crippen LogP contribution in [0.3, 0.4) is 0 Å². The Kier molecular flexibility index (Phi) is 4.92. The van der Waals surface area contributed by atoms with E-state index in [1.165, 1.54) is 12.8 Å². The first-order valence-electron chi connectivity index (χ1n) is 8.94. The van der Waals surface area contributed by atoms with E-state index in [4.69, 9.17) is 4.74 Å². The van der Waals surface area contributed by atoms with Crippen molar-refractivity contribution in [3.63, 3.8) is 0 Å². The molecule has 2 amide bonds. The normalized spacial score (nSPS) is 26.9. The van der Waals surface area contributed by atoms with Crippen LogP contribution in [0.4, 0.5) is 0 Å². The summed E-state index contributed by atoms with van der Waals surface area (Å²) in [5.41, 5.74) is -0.249. The zero-order valence-corrected chi connectivity index (χ0v) is 14.3. The van der Waals surface area contributed by atoms with E-state index in [0.717, 1.165) is 31.8 Å². The first kappa shape index (κ1) is 16.7. The number of hydrogen-bond acceptors (Lipinski definition) is 4. The van der Waals surface area contributed by atoms with Gasteiger partial charge in [-0.15, -0.1) is 0 Å². The highest BCUT2D eigenvalue weighted by Gasteiger charge is 2.52. The molecular weight excluding hydrogens is 294 g/mol. The number of ether oxygens (including phenoxy) is 1. The number of carbonyl (C=O) groups is 2. The van der Waals surface area contributed by atoms with Gasteiger partial charge in [-0.25, -0.2) is 0 Å². The van der Waals surface area contributed by atoms with Gasteiger partial charge in [0, 0.05) is 26.6 Å². The van der Waals surface area contributed by atoms with Crippen molar-refractivity contribution in [2.45, 2.75) is 50.7 Å². The number of nitrogens with zero attached hydrogens (tertiary/aromatic N) is 2. The van der Waals surface area contributed by atoms with Crippen molar-refractivity contribution in [2.75, 3.05) is 39.8 Å². The largest absolute Gasteiger partial charge is 0.368 e. The fourth-order valence-corrected chi connectivity index (χ4v) is 3.62. The van der Waals surface area contributed by atoms with E-state index in [9.17, 15) is 9.59 Å². The standard InChI is InChI=1S/C17H29N3O3/c1-3-4-5-15(21)20-11-17(12-20)10-19(8-13-6-7-13)14(9-23-17)16(22)18-2/h13-14H,3-12H2,1-2H3,(H,18,22). The number of hydrogen-bond donors (Lipinski definition) is 1. The summed E-state index contributed by atoms with van der Waals surface area (Å²) in [4.78, 5) is 28.4. The lowest BCUT2D eigenvalue weighted by Gasteiger charge is -2.55. The van der Waals surface area contributed by atoms with Crippen LogP contribution in [-0.4, -0.2) is 73.1 Å². The van der Waals surface area contributed by atoms with Crippen LogP contribution in [0.25, 0.3) is 0 Å². The third-order valence-electron chi connectivity index (χ3n) is 5.27. The van der Waals surface area contributed by atoms with Crippen LogP contribution in [-0.2, 0) is 14.3 Å². The Hall–Kier alpha value is -1.14. The van der Waals surface area contributed by atoms with Crippen molar-refractivity contribution >= 4 is 11.8 Å². The van der Waals surface area contributed by atoms with Gasteiger partial charge in [0.15, 0.2) is 0 Å². The van der Waals surface area contributed by atoms with Crippen LogP contribution in [0.5, 0.6) is 0 Å². The zero-order valence-electron chi connectivity index (χ0n) is 14.3. The van der Waals surface area contributed by atoms with Crippen molar-refractivity contribution in [3.8, 4) is 0 Å². The van der Waals surface area contributed by atoms with Crippen molar-refractivity contribution in [3.05, 3.63) is 0 Å². The summed E-state index contributed by atoms with van der Waals surface area (Å²) < 4.78 is 6.06. The van der Waals surface area contributed by atoms with E-state index in [1.807, 2.05) is 4.90 Å². The highest BCUT2D eigenvalue weighted by molar-refractivity contribution is 5.82. The molecule has 2 heterocycles. The average Bonchev–Trinajstić information content (AvgIpc) is 3.33. The van der Waals surface area contributed by atoms with Gasteiger partial charge in [-0.2, -0.15) is 0 Å². The molecule has 130 valence electrons. The number of unbranched alkanes of at least 4 members (excludes halogenated alkanes) is 1. The highest BCUT2D eigenvalue weighted by atomic mass is 16.5. The topological polar surface area (TPSA) is 61.9 Å². The molecule has 0 aromatic heterocycles. The lowest BCUT2D eigenvalue weighted by Crippen LogP contribution is -2.73. The van der Waals surface area contributed by atoms with Gasteiger partial charge in [0.25, 0.3) is 0 Å². The van der Waals surface area contributed by atoms with Crippen molar-refractivity contribution in [1.29, 1.82) is 0 Å². The Morgan fingerprint density at radius 2 is 2.00 bits per heavy atom. The van der Waals surface area contributed by atoms with Crippen LogP contribution in [0.15, 0.2) is 0 Å². The molecule has 1 aliphatic carbocycles. The number of rotatable bonds is 6. The number of likely N-dealkylation sites (tertiary alicyclic amines) is 1. The molecular formula is C17H29N3O3. The molecule has 3 aliphatic rings. The number of likely N-dealkylation sites (N-methyl/N-ethyl adjacent to an activating group) is 1. The molecule has 0 radical (unpaired) electrons. The maximum absolute atomic E-state index is 12.1. The van der Waals surface area contributed by atoms with Gasteiger partial charge >= 0.3 is 0 Å². The lowest BCUT2D eigenvalue weighted by molar-refractivity contribution is -0.204. The Morgan fingerprint density at radius 3 is 2.61 bits per heavy atom. The minimum Gasteiger partial charge on any atom is -0.368 e. The van der Waals surface area contributed by atoms with Gasteiger partial charge in [-0.1, -0.05) is 13.3 Å². The Bertz CT molecular complexity index is 458. The van der Waals surface area contributed by atoms with Crippen LogP contribution >= 0.6 is 0 Å². The summed E-state index contributed by atoms with van der Waals surface area (Å²) >= 11 is 0. The average molecular weight is 323 g/mol. The lowest BCUT2D eigenvalue weighted by atomic mass is 9.89. The molecule has 2 aliphatic heterocycles. The van der Waals surface area contributed by atoms with Gasteiger partial charge < -0.3 is 15.0 Å². The van der Waals surface area contributed by atoms with Crippen molar-refractivity contribution in [2.24, 2.45) is 5.92 Å². The Morgan fingerprint density at radius 1 is 1.26 bits per heavy atom. The second-order valence-electron chi connectivity index (χ2n) is 7.35. The van der Waals surface area contributed by atoms with Crippen LogP contribution in [0.1, 0.15) is 39.0 Å². The number of morpholine rings is 1. The molecule has 6 heteroatoms. The molecule has 0 bridgehead atoms. The van der Waals surface area contributed by atoms with E-state index in [1.54, 1.807) is 7.05 Å². The van der Waals surface area contributed by atoms with E-state index < -0.39 is 0 Å². The predicted octanol–water partition coefficient (Wildman–Crippen LogP) is 0.614. The van der Waals surface area contributed by atoms with E-state index in [-0.39, 0.29) is 23.5 Å². The van der Waals surface area contributed by atoms with Gasteiger partial charge in [0.05, 0.1) is 19.7 Å². The van der Waals surface area contributed by atoms with Gasteiger partial charge in [-0.3, -0.25) is 14.5 Å². The van der Waals surface area contributed by atoms with E-state index in [0.29, 0.717) is 26.1 Å². The number of carbonyl (C=O) groups excluding carboxylic acids is 2. The first-order chi connectivity index (χ1) is 11.1. The minimum absolute atomic E-state index is 0.0377. The SMILES string of the molecule is CCCCC(=O)N1CC2(C1)CN(CC1CC1)C(C(=O)NC)CO2. The number of amides is 2. The highest BCUT2D eigenvalue weighted by Crippen LogP contribution is 2.35. The molecule has 1 unspecified atom stereocenters. The Labute approximate surface area is 138 Å². The quantitative estimate of drug-likeness (QED) is 0.778. The summed E-state index contributed by atoms with van der Waals surface area (Å²) in [6.45, 7) is 5.63. The van der Waals surface area contributed by atoms with E-state index >= 15 is 0 Å². The molecule has 6 nitrogen and oxygen atoms in total. The molecule has 1 saturated carbocycles. The summed E-state index contributed by atoms with van der Waals surface area (Å²) in [7, 11) is 1.68. The van der Waals surface area contributed by atoms with Crippen LogP contribution in [0, 0.1) is 5.92 Å². The van der Waals surface area contributed by atoms with Crippen molar-refractivity contribution in [1.82, 2.24) is 15.1 Å². The Balaban J connectivity index is 1.56. The molecule has 1 N–H and O–H groups in total. The zero-order chi connectivity index (χ0) is 16.4. The molecule has 2 saturated heterocycles. The fraction of sp³-hybridized carbons (Fsp3) is 0.882. The monoisotopic (exact) mass is 323 g/mol. The maximum atomic E-state index is 12.1. The minimum atomic E-state index is -0.249. The smallest absolute Gasteiger partial charge is 0.239 e.